The van der Waals surface area contributed by atoms with Gasteiger partial charge >= 0.3 is 5.97 Å². The second kappa shape index (κ2) is 6.22. The molecule has 2 atom stereocenters. The van der Waals surface area contributed by atoms with Gasteiger partial charge in [-0.2, -0.15) is 4.31 Å². The molecule has 2 rings (SSSR count). The largest absolute Gasteiger partial charge is 0.469 e. The molecule has 1 saturated carbocycles. The second-order valence-electron chi connectivity index (χ2n) is 5.51. The summed E-state index contributed by atoms with van der Waals surface area (Å²) in [5.41, 5.74) is 0. The molecule has 1 aliphatic heterocycles. The molecule has 0 N–H and O–H groups in total. The summed E-state index contributed by atoms with van der Waals surface area (Å²) < 4.78 is 31.0. The molecule has 0 amide bonds. The van der Waals surface area contributed by atoms with Crippen LogP contribution in [0.15, 0.2) is 0 Å². The van der Waals surface area contributed by atoms with Gasteiger partial charge in [0.1, 0.15) is 0 Å². The fraction of sp³-hybridized carbons (Fsp3) is 0.923. The lowest BCUT2D eigenvalue weighted by Crippen LogP contribution is -2.47. The van der Waals surface area contributed by atoms with Crippen LogP contribution in [-0.2, 0) is 19.6 Å². The van der Waals surface area contributed by atoms with Crippen molar-refractivity contribution in [3.05, 3.63) is 0 Å². The predicted octanol–water partition coefficient (Wildman–Crippen LogP) is 1.53. The number of hydrogen-bond acceptors (Lipinski definition) is 4. The summed E-state index contributed by atoms with van der Waals surface area (Å²) >= 11 is 0. The summed E-state index contributed by atoms with van der Waals surface area (Å²) in [7, 11) is -1.89. The molecule has 0 aromatic rings. The standard InChI is InChI=1S/C13H23NO4S/c1-18-13(15)8-4-10-19(16,17)14-9-3-6-11-5-2-7-12(11)14/h11-12H,2-10H2,1H3. The number of nitrogens with zero attached hydrogens (tertiary/aromatic N) is 1. The van der Waals surface area contributed by atoms with Crippen LogP contribution in [0.25, 0.3) is 0 Å². The van der Waals surface area contributed by atoms with Crippen LogP contribution >= 0.6 is 0 Å². The van der Waals surface area contributed by atoms with Crippen molar-refractivity contribution in [1.82, 2.24) is 4.31 Å². The molecule has 5 nitrogen and oxygen atoms in total. The zero-order chi connectivity index (χ0) is 13.9. The first kappa shape index (κ1) is 14.8. The van der Waals surface area contributed by atoms with Crippen LogP contribution < -0.4 is 0 Å². The highest BCUT2D eigenvalue weighted by atomic mass is 32.2. The number of methoxy groups -OCH3 is 1. The number of sulfonamides is 1. The van der Waals surface area contributed by atoms with Crippen molar-refractivity contribution in [2.24, 2.45) is 5.92 Å². The highest BCUT2D eigenvalue weighted by molar-refractivity contribution is 7.89. The van der Waals surface area contributed by atoms with Gasteiger partial charge in [0, 0.05) is 19.0 Å². The summed E-state index contributed by atoms with van der Waals surface area (Å²) in [6, 6.07) is 0.219. The van der Waals surface area contributed by atoms with Crippen molar-refractivity contribution in [2.75, 3.05) is 19.4 Å². The maximum absolute atomic E-state index is 12.4. The number of ether oxygens (including phenoxy) is 1. The molecule has 0 radical (unpaired) electrons. The second-order valence-corrected chi connectivity index (χ2v) is 7.55. The van der Waals surface area contributed by atoms with Gasteiger partial charge in [0.25, 0.3) is 0 Å². The van der Waals surface area contributed by atoms with E-state index in [1.807, 2.05) is 0 Å². The van der Waals surface area contributed by atoms with Crippen molar-refractivity contribution in [2.45, 2.75) is 51.0 Å². The van der Waals surface area contributed by atoms with Crippen LogP contribution in [0.3, 0.4) is 0 Å². The van der Waals surface area contributed by atoms with Crippen LogP contribution in [0.5, 0.6) is 0 Å². The molecule has 0 aromatic heterocycles. The third kappa shape index (κ3) is 3.48. The smallest absolute Gasteiger partial charge is 0.305 e. The molecular weight excluding hydrogens is 266 g/mol. The first-order valence-electron chi connectivity index (χ1n) is 7.11. The minimum atomic E-state index is -3.22. The number of rotatable bonds is 5. The molecule has 19 heavy (non-hydrogen) atoms. The number of esters is 1. The number of carbonyl (C=O) groups excluding carboxylic acids is 1. The maximum atomic E-state index is 12.4. The molecule has 0 bridgehead atoms. The summed E-state index contributed by atoms with van der Waals surface area (Å²) in [5, 5.41) is 0. The average molecular weight is 289 g/mol. The predicted molar refractivity (Wildman–Crippen MR) is 72.1 cm³/mol. The molecule has 6 heteroatoms. The Morgan fingerprint density at radius 3 is 2.74 bits per heavy atom. The summed E-state index contributed by atoms with van der Waals surface area (Å²) in [5.74, 6) is 0.280. The Balaban J connectivity index is 1.92. The van der Waals surface area contributed by atoms with Gasteiger partial charge in [0.2, 0.25) is 10.0 Å². The van der Waals surface area contributed by atoms with E-state index in [1.54, 1.807) is 4.31 Å². The van der Waals surface area contributed by atoms with Gasteiger partial charge in [-0.05, 0) is 38.0 Å². The molecule has 2 aliphatic rings. The minimum absolute atomic E-state index is 0.0608. The summed E-state index contributed by atoms with van der Waals surface area (Å²) in [4.78, 5) is 11.0. The van der Waals surface area contributed by atoms with Crippen molar-refractivity contribution >= 4 is 16.0 Å². The first-order chi connectivity index (χ1) is 9.04. The normalized spacial score (nSPS) is 28.1. The molecule has 0 spiro atoms. The zero-order valence-electron chi connectivity index (χ0n) is 11.5. The van der Waals surface area contributed by atoms with Gasteiger partial charge in [-0.1, -0.05) is 6.42 Å². The van der Waals surface area contributed by atoms with E-state index in [2.05, 4.69) is 4.74 Å². The number of fused-ring (bicyclic) bond motifs is 1. The topological polar surface area (TPSA) is 63.7 Å². The fourth-order valence-electron chi connectivity index (χ4n) is 3.37. The van der Waals surface area contributed by atoms with E-state index in [-0.39, 0.29) is 24.2 Å². The fourth-order valence-corrected chi connectivity index (χ4v) is 5.21. The third-order valence-electron chi connectivity index (χ3n) is 4.31. The van der Waals surface area contributed by atoms with Gasteiger partial charge in [0.15, 0.2) is 0 Å². The van der Waals surface area contributed by atoms with E-state index >= 15 is 0 Å². The quantitative estimate of drug-likeness (QED) is 0.720. The Morgan fingerprint density at radius 2 is 2.00 bits per heavy atom. The van der Waals surface area contributed by atoms with Gasteiger partial charge < -0.3 is 4.74 Å². The van der Waals surface area contributed by atoms with Crippen LogP contribution in [0.4, 0.5) is 0 Å². The third-order valence-corrected chi connectivity index (χ3v) is 6.28. The van der Waals surface area contributed by atoms with Gasteiger partial charge in [-0.25, -0.2) is 8.42 Å². The minimum Gasteiger partial charge on any atom is -0.469 e. The highest BCUT2D eigenvalue weighted by Gasteiger charge is 2.40. The Kier molecular flexibility index (Phi) is 4.84. The van der Waals surface area contributed by atoms with E-state index in [0.29, 0.717) is 18.9 Å². The van der Waals surface area contributed by atoms with Gasteiger partial charge in [0.05, 0.1) is 12.9 Å². The van der Waals surface area contributed by atoms with Crippen molar-refractivity contribution in [1.29, 1.82) is 0 Å². The maximum Gasteiger partial charge on any atom is 0.305 e. The lowest BCUT2D eigenvalue weighted by atomic mass is 9.94. The molecule has 2 unspecified atom stereocenters. The van der Waals surface area contributed by atoms with E-state index in [4.69, 9.17) is 0 Å². The zero-order valence-corrected chi connectivity index (χ0v) is 12.3. The number of hydrogen-bond donors (Lipinski definition) is 0. The van der Waals surface area contributed by atoms with Crippen LogP contribution in [0, 0.1) is 5.92 Å². The van der Waals surface area contributed by atoms with Crippen LogP contribution in [-0.4, -0.2) is 44.1 Å². The highest BCUT2D eigenvalue weighted by Crippen LogP contribution is 2.38. The molecule has 1 saturated heterocycles. The Bertz CT molecular complexity index is 420. The molecule has 110 valence electrons. The molecule has 1 aliphatic carbocycles. The number of piperidine rings is 1. The lowest BCUT2D eigenvalue weighted by Gasteiger charge is -2.36. The Hall–Kier alpha value is -0.620. The van der Waals surface area contributed by atoms with Crippen LogP contribution in [0.2, 0.25) is 0 Å². The van der Waals surface area contributed by atoms with Crippen molar-refractivity contribution in [3.8, 4) is 0 Å². The lowest BCUT2D eigenvalue weighted by molar-refractivity contribution is -0.140. The first-order valence-corrected chi connectivity index (χ1v) is 8.72. The summed E-state index contributed by atoms with van der Waals surface area (Å²) in [6.07, 6.45) is 5.97. The monoisotopic (exact) mass is 289 g/mol. The molecule has 2 fully saturated rings. The average Bonchev–Trinajstić information content (AvgIpc) is 2.86. The van der Waals surface area contributed by atoms with Crippen molar-refractivity contribution < 1.29 is 17.9 Å². The molecule has 1 heterocycles. The molecule has 0 aromatic carbocycles. The Morgan fingerprint density at radius 1 is 1.26 bits per heavy atom. The van der Waals surface area contributed by atoms with E-state index < -0.39 is 10.0 Å². The van der Waals surface area contributed by atoms with Gasteiger partial charge in [-0.3, -0.25) is 4.79 Å². The summed E-state index contributed by atoms with van der Waals surface area (Å²) in [6.45, 7) is 0.654. The number of carbonyl (C=O) groups is 1. The van der Waals surface area contributed by atoms with E-state index in [9.17, 15) is 13.2 Å². The van der Waals surface area contributed by atoms with Gasteiger partial charge in [-0.15, -0.1) is 0 Å². The van der Waals surface area contributed by atoms with Crippen molar-refractivity contribution in [3.63, 3.8) is 0 Å². The van der Waals surface area contributed by atoms with Crippen LogP contribution in [0.1, 0.15) is 44.9 Å². The van der Waals surface area contributed by atoms with E-state index in [0.717, 1.165) is 19.3 Å². The molecular formula is C13H23NO4S. The van der Waals surface area contributed by atoms with E-state index in [1.165, 1.54) is 20.0 Å². The SMILES string of the molecule is COC(=O)CCCS(=O)(=O)N1CCCC2CCCC21. The Labute approximate surface area is 115 Å².